The Balaban J connectivity index is 2.29. The first-order valence-corrected chi connectivity index (χ1v) is 10.6. The molecule has 0 bridgehead atoms. The predicted molar refractivity (Wildman–Crippen MR) is 119 cm³/mol. The SMILES string of the molecule is CC[C@@H](C)NC(=O)[C@@H](C)N(Cc1ccc(Br)cc1)C(=O)Cc1ccccc1[N+](=O)[O-]. The number of rotatable bonds is 9. The Morgan fingerprint density at radius 2 is 1.77 bits per heavy atom. The van der Waals surface area contributed by atoms with E-state index >= 15 is 0 Å². The molecule has 30 heavy (non-hydrogen) atoms. The normalized spacial score (nSPS) is 12.7. The largest absolute Gasteiger partial charge is 0.352 e. The second-order valence-electron chi connectivity index (χ2n) is 7.20. The van der Waals surface area contributed by atoms with Gasteiger partial charge >= 0.3 is 0 Å². The van der Waals surface area contributed by atoms with Crippen LogP contribution in [-0.4, -0.2) is 33.7 Å². The second kappa shape index (κ2) is 10.9. The second-order valence-corrected chi connectivity index (χ2v) is 8.12. The van der Waals surface area contributed by atoms with E-state index in [9.17, 15) is 19.7 Å². The van der Waals surface area contributed by atoms with Crippen LogP contribution in [0, 0.1) is 10.1 Å². The van der Waals surface area contributed by atoms with E-state index in [2.05, 4.69) is 21.2 Å². The molecule has 0 saturated carbocycles. The molecule has 0 aliphatic carbocycles. The Bertz CT molecular complexity index is 902. The number of halogens is 1. The Kier molecular flexibility index (Phi) is 8.53. The lowest BCUT2D eigenvalue weighted by Crippen LogP contribution is -2.49. The topological polar surface area (TPSA) is 92.6 Å². The first-order valence-electron chi connectivity index (χ1n) is 9.79. The van der Waals surface area contributed by atoms with Crippen molar-refractivity contribution in [3.8, 4) is 0 Å². The fourth-order valence-corrected chi connectivity index (χ4v) is 3.20. The summed E-state index contributed by atoms with van der Waals surface area (Å²) < 4.78 is 0.909. The van der Waals surface area contributed by atoms with Gasteiger partial charge in [0.15, 0.2) is 0 Å². The lowest BCUT2D eigenvalue weighted by atomic mass is 10.1. The summed E-state index contributed by atoms with van der Waals surface area (Å²) in [5.41, 5.74) is 1.08. The first-order chi connectivity index (χ1) is 14.2. The standard InChI is InChI=1S/C22H26BrN3O4/c1-4-15(2)24-22(28)16(3)25(14-17-9-11-19(23)12-10-17)21(27)13-18-7-5-6-8-20(18)26(29)30/h5-12,15-16H,4,13-14H2,1-3H3,(H,24,28)/t15-,16-/m1/s1. The summed E-state index contributed by atoms with van der Waals surface area (Å²) in [6.07, 6.45) is 0.615. The third kappa shape index (κ3) is 6.38. The van der Waals surface area contributed by atoms with E-state index in [0.29, 0.717) is 5.56 Å². The molecule has 0 spiro atoms. The number of hydrogen-bond acceptors (Lipinski definition) is 4. The number of nitro benzene ring substituents is 1. The number of nitrogens with one attached hydrogen (secondary N) is 1. The van der Waals surface area contributed by atoms with E-state index in [4.69, 9.17) is 0 Å². The first kappa shape index (κ1) is 23.5. The molecule has 2 aromatic rings. The van der Waals surface area contributed by atoms with Crippen LogP contribution in [0.25, 0.3) is 0 Å². The molecule has 0 unspecified atom stereocenters. The summed E-state index contributed by atoms with van der Waals surface area (Å²) >= 11 is 3.39. The van der Waals surface area contributed by atoms with Crippen LogP contribution in [0.3, 0.4) is 0 Å². The molecule has 2 atom stereocenters. The van der Waals surface area contributed by atoms with Crippen LogP contribution in [0.2, 0.25) is 0 Å². The number of benzene rings is 2. The Labute approximate surface area is 184 Å². The van der Waals surface area contributed by atoms with E-state index in [1.165, 1.54) is 11.0 Å². The number of para-hydroxylation sites is 1. The van der Waals surface area contributed by atoms with Crippen molar-refractivity contribution < 1.29 is 14.5 Å². The maximum absolute atomic E-state index is 13.2. The average Bonchev–Trinajstić information content (AvgIpc) is 2.72. The Morgan fingerprint density at radius 3 is 2.37 bits per heavy atom. The summed E-state index contributed by atoms with van der Waals surface area (Å²) in [6.45, 7) is 5.77. The van der Waals surface area contributed by atoms with Crippen molar-refractivity contribution in [2.45, 2.75) is 52.2 Å². The maximum Gasteiger partial charge on any atom is 0.273 e. The molecule has 0 aliphatic rings. The van der Waals surface area contributed by atoms with Gasteiger partial charge in [0.1, 0.15) is 6.04 Å². The lowest BCUT2D eigenvalue weighted by molar-refractivity contribution is -0.385. The maximum atomic E-state index is 13.2. The smallest absolute Gasteiger partial charge is 0.273 e. The highest BCUT2D eigenvalue weighted by molar-refractivity contribution is 9.10. The van der Waals surface area contributed by atoms with E-state index in [-0.39, 0.29) is 36.5 Å². The van der Waals surface area contributed by atoms with Gasteiger partial charge in [-0.25, -0.2) is 0 Å². The van der Waals surface area contributed by atoms with Crippen LogP contribution in [-0.2, 0) is 22.6 Å². The average molecular weight is 476 g/mol. The number of carbonyl (C=O) groups excluding carboxylic acids is 2. The molecule has 2 amide bonds. The van der Waals surface area contributed by atoms with Crippen LogP contribution in [0.15, 0.2) is 53.0 Å². The van der Waals surface area contributed by atoms with Crippen molar-refractivity contribution in [2.75, 3.05) is 0 Å². The van der Waals surface area contributed by atoms with Gasteiger partial charge in [0.25, 0.3) is 5.69 Å². The molecule has 0 aromatic heterocycles. The number of hydrogen-bond donors (Lipinski definition) is 1. The van der Waals surface area contributed by atoms with E-state index < -0.39 is 11.0 Å². The van der Waals surface area contributed by atoms with E-state index in [0.717, 1.165) is 16.5 Å². The van der Waals surface area contributed by atoms with Gasteiger partial charge < -0.3 is 10.2 Å². The minimum Gasteiger partial charge on any atom is -0.352 e. The molecule has 0 radical (unpaired) electrons. The van der Waals surface area contributed by atoms with Crippen molar-refractivity contribution >= 4 is 33.4 Å². The van der Waals surface area contributed by atoms with Gasteiger partial charge in [0.05, 0.1) is 11.3 Å². The molecule has 7 nitrogen and oxygen atoms in total. The molecule has 0 saturated heterocycles. The van der Waals surface area contributed by atoms with Crippen molar-refractivity contribution in [1.82, 2.24) is 10.2 Å². The van der Waals surface area contributed by atoms with Gasteiger partial charge in [-0.1, -0.05) is 53.2 Å². The van der Waals surface area contributed by atoms with Crippen LogP contribution >= 0.6 is 15.9 Å². The Morgan fingerprint density at radius 1 is 1.13 bits per heavy atom. The highest BCUT2D eigenvalue weighted by atomic mass is 79.9. The van der Waals surface area contributed by atoms with Gasteiger partial charge in [-0.05, 0) is 38.0 Å². The van der Waals surface area contributed by atoms with Crippen molar-refractivity contribution in [1.29, 1.82) is 0 Å². The summed E-state index contributed by atoms with van der Waals surface area (Å²) in [4.78, 5) is 38.2. The fraction of sp³-hybridized carbons (Fsp3) is 0.364. The van der Waals surface area contributed by atoms with E-state index in [1.54, 1.807) is 25.1 Å². The molecule has 2 rings (SSSR count). The van der Waals surface area contributed by atoms with Crippen molar-refractivity contribution in [3.05, 3.63) is 74.2 Å². The molecule has 160 valence electrons. The monoisotopic (exact) mass is 475 g/mol. The minimum absolute atomic E-state index is 0.0141. The third-order valence-electron chi connectivity index (χ3n) is 4.96. The zero-order chi connectivity index (χ0) is 22.3. The quantitative estimate of drug-likeness (QED) is 0.433. The number of carbonyl (C=O) groups is 2. The summed E-state index contributed by atoms with van der Waals surface area (Å²) in [5, 5.41) is 14.2. The molecule has 0 heterocycles. The predicted octanol–water partition coefficient (Wildman–Crippen LogP) is 4.23. The van der Waals surface area contributed by atoms with Crippen LogP contribution in [0.1, 0.15) is 38.3 Å². The fourth-order valence-electron chi connectivity index (χ4n) is 2.94. The summed E-state index contributed by atoms with van der Waals surface area (Å²) in [6, 6.07) is 12.9. The zero-order valence-electron chi connectivity index (χ0n) is 17.3. The van der Waals surface area contributed by atoms with Crippen LogP contribution in [0.4, 0.5) is 5.69 Å². The lowest BCUT2D eigenvalue weighted by Gasteiger charge is -2.29. The molecule has 2 aromatic carbocycles. The summed E-state index contributed by atoms with van der Waals surface area (Å²) in [7, 11) is 0. The number of nitrogens with zero attached hydrogens (tertiary/aromatic N) is 2. The molecule has 0 aliphatic heterocycles. The van der Waals surface area contributed by atoms with Crippen molar-refractivity contribution in [3.63, 3.8) is 0 Å². The van der Waals surface area contributed by atoms with Crippen LogP contribution < -0.4 is 5.32 Å². The molecule has 1 N–H and O–H groups in total. The highest BCUT2D eigenvalue weighted by Crippen LogP contribution is 2.21. The zero-order valence-corrected chi connectivity index (χ0v) is 18.9. The van der Waals surface area contributed by atoms with E-state index in [1.807, 2.05) is 38.1 Å². The third-order valence-corrected chi connectivity index (χ3v) is 5.49. The molecule has 0 fully saturated rings. The Hall–Kier alpha value is -2.74. The van der Waals surface area contributed by atoms with Gasteiger partial charge in [0, 0.05) is 28.7 Å². The van der Waals surface area contributed by atoms with Gasteiger partial charge in [-0.2, -0.15) is 0 Å². The molecular formula is C22H26BrN3O4. The number of amides is 2. The minimum atomic E-state index is -0.724. The van der Waals surface area contributed by atoms with Gasteiger partial charge in [0.2, 0.25) is 11.8 Å². The van der Waals surface area contributed by atoms with Crippen molar-refractivity contribution in [2.24, 2.45) is 0 Å². The van der Waals surface area contributed by atoms with Gasteiger partial charge in [-0.3, -0.25) is 19.7 Å². The summed E-state index contributed by atoms with van der Waals surface area (Å²) in [5.74, 6) is -0.601. The van der Waals surface area contributed by atoms with Crippen LogP contribution in [0.5, 0.6) is 0 Å². The number of nitro groups is 1. The van der Waals surface area contributed by atoms with Gasteiger partial charge in [-0.15, -0.1) is 0 Å². The molecular weight excluding hydrogens is 450 g/mol. The highest BCUT2D eigenvalue weighted by Gasteiger charge is 2.28. The molecule has 8 heteroatoms.